The summed E-state index contributed by atoms with van der Waals surface area (Å²) in [6, 6.07) is 8.72. The fourth-order valence-electron chi connectivity index (χ4n) is 1.91. The van der Waals surface area contributed by atoms with Crippen molar-refractivity contribution in [3.8, 4) is 0 Å². The number of aromatic nitrogens is 1. The highest BCUT2D eigenvalue weighted by Gasteiger charge is 2.17. The van der Waals surface area contributed by atoms with E-state index in [1.54, 1.807) is 11.3 Å². The summed E-state index contributed by atoms with van der Waals surface area (Å²) in [5.41, 5.74) is 2.77. The highest BCUT2D eigenvalue weighted by molar-refractivity contribution is 7.12. The van der Waals surface area contributed by atoms with Gasteiger partial charge in [0.15, 0.2) is 0 Å². The van der Waals surface area contributed by atoms with Crippen molar-refractivity contribution in [2.45, 2.75) is 46.0 Å². The fraction of sp³-hybridized carbons (Fsp3) is 0.389. The van der Waals surface area contributed by atoms with Crippen LogP contribution in [0.15, 0.2) is 30.5 Å². The van der Waals surface area contributed by atoms with Crippen molar-refractivity contribution in [2.75, 3.05) is 0 Å². The molecule has 0 N–H and O–H groups in total. The van der Waals surface area contributed by atoms with Gasteiger partial charge in [-0.1, -0.05) is 65.0 Å². The minimum atomic E-state index is 0.133. The largest absolute Gasteiger partial charge is 0.248 e. The first-order valence-electron chi connectivity index (χ1n) is 7.10. The molecule has 1 heterocycles. The van der Waals surface area contributed by atoms with Gasteiger partial charge in [-0.05, 0) is 23.1 Å². The molecule has 0 saturated heterocycles. The Morgan fingerprint density at radius 3 is 2.50 bits per heavy atom. The molecule has 0 radical (unpaired) electrons. The van der Waals surface area contributed by atoms with Crippen molar-refractivity contribution in [3.63, 3.8) is 0 Å². The molecule has 0 amide bonds. The monoisotopic (exact) mass is 285 g/mol. The molecule has 1 aromatic heterocycles. The SMILES string of the molecule is CC(C)c1cccc(/C=C/c2cnc(C(C)(C)C)s2)c1. The maximum atomic E-state index is 4.51. The van der Waals surface area contributed by atoms with Crippen LogP contribution in [0.25, 0.3) is 12.2 Å². The first kappa shape index (κ1) is 15.0. The van der Waals surface area contributed by atoms with E-state index < -0.39 is 0 Å². The van der Waals surface area contributed by atoms with E-state index >= 15 is 0 Å². The van der Waals surface area contributed by atoms with Crippen molar-refractivity contribution < 1.29 is 0 Å². The smallest absolute Gasteiger partial charge is 0.0984 e. The zero-order valence-electron chi connectivity index (χ0n) is 13.0. The zero-order valence-corrected chi connectivity index (χ0v) is 13.8. The Bertz CT molecular complexity index is 600. The second-order valence-electron chi connectivity index (χ2n) is 6.48. The number of thiazole rings is 1. The van der Waals surface area contributed by atoms with Crippen molar-refractivity contribution >= 4 is 23.5 Å². The quantitative estimate of drug-likeness (QED) is 0.701. The Hall–Kier alpha value is -1.41. The lowest BCUT2D eigenvalue weighted by atomic mass is 9.98. The molecule has 2 aromatic rings. The van der Waals surface area contributed by atoms with Crippen LogP contribution in [0.2, 0.25) is 0 Å². The first-order chi connectivity index (χ1) is 9.36. The van der Waals surface area contributed by atoms with E-state index in [9.17, 15) is 0 Å². The summed E-state index contributed by atoms with van der Waals surface area (Å²) in [6.07, 6.45) is 6.30. The number of benzene rings is 1. The van der Waals surface area contributed by atoms with Gasteiger partial charge >= 0.3 is 0 Å². The van der Waals surface area contributed by atoms with Crippen molar-refractivity contribution in [1.29, 1.82) is 0 Å². The first-order valence-corrected chi connectivity index (χ1v) is 7.92. The molecule has 0 aliphatic carbocycles. The van der Waals surface area contributed by atoms with E-state index in [2.05, 4.69) is 76.0 Å². The molecule has 0 atom stereocenters. The van der Waals surface area contributed by atoms with Gasteiger partial charge in [0.1, 0.15) is 0 Å². The maximum Gasteiger partial charge on any atom is 0.0984 e. The molecule has 1 nitrogen and oxygen atoms in total. The average molecular weight is 285 g/mol. The molecule has 106 valence electrons. The van der Waals surface area contributed by atoms with Gasteiger partial charge in [0.25, 0.3) is 0 Å². The standard InChI is InChI=1S/C18H23NS/c1-13(2)15-8-6-7-14(11-15)9-10-16-12-19-17(20-16)18(3,4)5/h6-13H,1-5H3/b10-9+. The number of hydrogen-bond acceptors (Lipinski definition) is 2. The van der Waals surface area contributed by atoms with E-state index in [1.807, 2.05) is 6.20 Å². The lowest BCUT2D eigenvalue weighted by molar-refractivity contribution is 0.585. The molecule has 2 heteroatoms. The molecular formula is C18H23NS. The summed E-state index contributed by atoms with van der Waals surface area (Å²) in [5, 5.41) is 1.19. The molecule has 0 aliphatic rings. The molecule has 1 aromatic carbocycles. The van der Waals surface area contributed by atoms with Crippen LogP contribution in [0.3, 0.4) is 0 Å². The van der Waals surface area contributed by atoms with Gasteiger partial charge in [-0.15, -0.1) is 11.3 Å². The molecule has 0 bridgehead atoms. The minimum absolute atomic E-state index is 0.133. The van der Waals surface area contributed by atoms with Crippen LogP contribution in [-0.2, 0) is 5.41 Å². The van der Waals surface area contributed by atoms with E-state index in [-0.39, 0.29) is 5.41 Å². The second-order valence-corrected chi connectivity index (χ2v) is 7.54. The Morgan fingerprint density at radius 2 is 1.90 bits per heavy atom. The summed E-state index contributed by atoms with van der Waals surface area (Å²) in [5.74, 6) is 0.569. The zero-order chi connectivity index (χ0) is 14.8. The summed E-state index contributed by atoms with van der Waals surface area (Å²) in [6.45, 7) is 11.0. The lowest BCUT2D eigenvalue weighted by Crippen LogP contribution is -2.09. The molecule has 0 aliphatic heterocycles. The van der Waals surface area contributed by atoms with Crippen LogP contribution in [0.5, 0.6) is 0 Å². The Kier molecular flexibility index (Phi) is 4.44. The second kappa shape index (κ2) is 5.92. The highest BCUT2D eigenvalue weighted by atomic mass is 32.1. The Labute approximate surface area is 126 Å². The third-order valence-electron chi connectivity index (χ3n) is 3.18. The van der Waals surface area contributed by atoms with Gasteiger partial charge in [0.2, 0.25) is 0 Å². The molecule has 0 saturated carbocycles. The minimum Gasteiger partial charge on any atom is -0.248 e. The summed E-state index contributed by atoms with van der Waals surface area (Å²) < 4.78 is 0. The Balaban J connectivity index is 2.17. The predicted octanol–water partition coefficient (Wildman–Crippen LogP) is 5.73. The van der Waals surface area contributed by atoms with Crippen molar-refractivity contribution in [2.24, 2.45) is 0 Å². The summed E-state index contributed by atoms with van der Waals surface area (Å²) in [7, 11) is 0. The van der Waals surface area contributed by atoms with Crippen molar-refractivity contribution in [3.05, 3.63) is 51.5 Å². The van der Waals surface area contributed by atoms with Crippen molar-refractivity contribution in [1.82, 2.24) is 4.98 Å². The van der Waals surface area contributed by atoms with Crippen LogP contribution in [-0.4, -0.2) is 4.98 Å². The van der Waals surface area contributed by atoms with Crippen LogP contribution in [0, 0.1) is 0 Å². The van der Waals surface area contributed by atoms with E-state index in [4.69, 9.17) is 0 Å². The number of hydrogen-bond donors (Lipinski definition) is 0. The van der Waals surface area contributed by atoms with Crippen LogP contribution in [0.1, 0.15) is 61.5 Å². The van der Waals surface area contributed by atoms with Gasteiger partial charge < -0.3 is 0 Å². The summed E-state index contributed by atoms with van der Waals surface area (Å²) >= 11 is 1.77. The fourth-order valence-corrected chi connectivity index (χ4v) is 2.79. The van der Waals surface area contributed by atoms with Gasteiger partial charge in [0, 0.05) is 16.5 Å². The highest BCUT2D eigenvalue weighted by Crippen LogP contribution is 2.27. The Morgan fingerprint density at radius 1 is 1.15 bits per heavy atom. The third kappa shape index (κ3) is 3.80. The maximum absolute atomic E-state index is 4.51. The molecule has 0 unspecified atom stereocenters. The van der Waals surface area contributed by atoms with Gasteiger partial charge in [-0.3, -0.25) is 0 Å². The average Bonchev–Trinajstić information content (AvgIpc) is 2.85. The van der Waals surface area contributed by atoms with E-state index in [1.165, 1.54) is 21.0 Å². The van der Waals surface area contributed by atoms with Crippen LogP contribution < -0.4 is 0 Å². The third-order valence-corrected chi connectivity index (χ3v) is 4.57. The normalized spacial score (nSPS) is 12.5. The lowest BCUT2D eigenvalue weighted by Gasteiger charge is -2.13. The van der Waals surface area contributed by atoms with Gasteiger partial charge in [-0.25, -0.2) is 4.98 Å². The van der Waals surface area contributed by atoms with Crippen LogP contribution in [0.4, 0.5) is 0 Å². The van der Waals surface area contributed by atoms with Crippen LogP contribution >= 0.6 is 11.3 Å². The molecule has 0 spiro atoms. The topological polar surface area (TPSA) is 12.9 Å². The summed E-state index contributed by atoms with van der Waals surface area (Å²) in [4.78, 5) is 5.73. The van der Waals surface area contributed by atoms with Gasteiger partial charge in [0.05, 0.1) is 5.01 Å². The molecule has 0 fully saturated rings. The van der Waals surface area contributed by atoms with E-state index in [0.29, 0.717) is 5.92 Å². The van der Waals surface area contributed by atoms with E-state index in [0.717, 1.165) is 0 Å². The predicted molar refractivity (Wildman–Crippen MR) is 90.3 cm³/mol. The molecule has 2 rings (SSSR count). The molecular weight excluding hydrogens is 262 g/mol. The molecule has 20 heavy (non-hydrogen) atoms. The number of rotatable bonds is 3. The van der Waals surface area contributed by atoms with Gasteiger partial charge in [-0.2, -0.15) is 0 Å². The number of nitrogens with zero attached hydrogens (tertiary/aromatic N) is 1.